The second-order valence-electron chi connectivity index (χ2n) is 6.02. The van der Waals surface area contributed by atoms with E-state index in [2.05, 4.69) is 62.3 Å². The van der Waals surface area contributed by atoms with E-state index in [0.717, 1.165) is 32.7 Å². The standard InChI is InChI=1S/C17H23ClN6/c1-13(12-20-16-11-15(18)21-17(19)22-16)23-7-9-24(10-8-23)14-5-3-2-4-6-14/h2-6,11,13H,7-10,12H2,1H3,(H3,19,20,21,22). The molecule has 128 valence electrons. The largest absolute Gasteiger partial charge is 0.369 e. The average Bonchev–Trinajstić information content (AvgIpc) is 2.60. The van der Waals surface area contributed by atoms with E-state index < -0.39 is 0 Å². The number of nitrogens with two attached hydrogens (primary N) is 1. The van der Waals surface area contributed by atoms with Gasteiger partial charge in [-0.1, -0.05) is 29.8 Å². The number of rotatable bonds is 5. The third-order valence-electron chi connectivity index (χ3n) is 4.35. The summed E-state index contributed by atoms with van der Waals surface area (Å²) in [7, 11) is 0. The first-order valence-electron chi connectivity index (χ1n) is 8.20. The first-order chi connectivity index (χ1) is 11.6. The maximum atomic E-state index is 5.90. The molecule has 0 bridgehead atoms. The van der Waals surface area contributed by atoms with Crippen LogP contribution >= 0.6 is 11.6 Å². The van der Waals surface area contributed by atoms with Gasteiger partial charge in [-0.05, 0) is 19.1 Å². The number of nitrogen functional groups attached to an aromatic ring is 1. The van der Waals surface area contributed by atoms with Crippen LogP contribution in [0.15, 0.2) is 36.4 Å². The molecule has 0 spiro atoms. The zero-order chi connectivity index (χ0) is 16.9. The molecule has 24 heavy (non-hydrogen) atoms. The van der Waals surface area contributed by atoms with Crippen molar-refractivity contribution in [3.8, 4) is 0 Å². The molecule has 0 aliphatic carbocycles. The van der Waals surface area contributed by atoms with Crippen LogP contribution in [0.4, 0.5) is 17.5 Å². The molecule has 1 aliphatic heterocycles. The van der Waals surface area contributed by atoms with Gasteiger partial charge in [0, 0.05) is 50.5 Å². The van der Waals surface area contributed by atoms with Crippen LogP contribution in [0.2, 0.25) is 5.15 Å². The summed E-state index contributed by atoms with van der Waals surface area (Å²) in [6.45, 7) is 7.19. The summed E-state index contributed by atoms with van der Waals surface area (Å²) in [4.78, 5) is 12.9. The molecule has 1 atom stereocenters. The van der Waals surface area contributed by atoms with E-state index in [0.29, 0.717) is 17.0 Å². The lowest BCUT2D eigenvalue weighted by Gasteiger charge is -2.39. The highest BCUT2D eigenvalue weighted by molar-refractivity contribution is 6.29. The molecule has 1 saturated heterocycles. The summed E-state index contributed by atoms with van der Waals surface area (Å²) in [5, 5.41) is 3.65. The summed E-state index contributed by atoms with van der Waals surface area (Å²) in [6.07, 6.45) is 0. The highest BCUT2D eigenvalue weighted by Crippen LogP contribution is 2.17. The molecule has 1 unspecified atom stereocenters. The third kappa shape index (κ3) is 4.27. The second-order valence-corrected chi connectivity index (χ2v) is 6.41. The SMILES string of the molecule is CC(CNc1cc(Cl)nc(N)n1)N1CCN(c2ccccc2)CC1. The summed E-state index contributed by atoms with van der Waals surface area (Å²) in [6, 6.07) is 12.7. The molecule has 1 fully saturated rings. The molecule has 2 aromatic rings. The van der Waals surface area contributed by atoms with E-state index in [-0.39, 0.29) is 5.95 Å². The monoisotopic (exact) mass is 346 g/mol. The summed E-state index contributed by atoms with van der Waals surface area (Å²) < 4.78 is 0. The van der Waals surface area contributed by atoms with Gasteiger partial charge < -0.3 is 16.0 Å². The lowest BCUT2D eigenvalue weighted by molar-refractivity contribution is 0.204. The van der Waals surface area contributed by atoms with Crippen LogP contribution in [0.3, 0.4) is 0 Å². The molecule has 7 heteroatoms. The Balaban J connectivity index is 1.49. The molecule has 3 rings (SSSR count). The Morgan fingerprint density at radius 2 is 1.88 bits per heavy atom. The molecule has 1 aromatic heterocycles. The predicted octanol–water partition coefficient (Wildman–Crippen LogP) is 2.33. The van der Waals surface area contributed by atoms with Crippen LogP contribution in [0.5, 0.6) is 0 Å². The van der Waals surface area contributed by atoms with Gasteiger partial charge in [0.1, 0.15) is 11.0 Å². The minimum Gasteiger partial charge on any atom is -0.369 e. The van der Waals surface area contributed by atoms with E-state index in [9.17, 15) is 0 Å². The van der Waals surface area contributed by atoms with Crippen molar-refractivity contribution in [2.75, 3.05) is 48.7 Å². The number of anilines is 3. The zero-order valence-corrected chi connectivity index (χ0v) is 14.6. The van der Waals surface area contributed by atoms with Gasteiger partial charge in [-0.25, -0.2) is 4.98 Å². The minimum atomic E-state index is 0.189. The predicted molar refractivity (Wildman–Crippen MR) is 99.6 cm³/mol. The Morgan fingerprint density at radius 3 is 2.54 bits per heavy atom. The molecule has 0 saturated carbocycles. The number of hydrogen-bond donors (Lipinski definition) is 2. The summed E-state index contributed by atoms with van der Waals surface area (Å²) >= 11 is 5.90. The van der Waals surface area contributed by atoms with Crippen LogP contribution in [-0.4, -0.2) is 53.6 Å². The van der Waals surface area contributed by atoms with E-state index >= 15 is 0 Å². The smallest absolute Gasteiger partial charge is 0.223 e. The molecule has 0 radical (unpaired) electrons. The normalized spacial score (nSPS) is 16.8. The van der Waals surface area contributed by atoms with Crippen LogP contribution in [0, 0.1) is 0 Å². The molecule has 1 aromatic carbocycles. The second kappa shape index (κ2) is 7.68. The maximum Gasteiger partial charge on any atom is 0.223 e. The first-order valence-corrected chi connectivity index (χ1v) is 8.57. The fraction of sp³-hybridized carbons (Fsp3) is 0.412. The lowest BCUT2D eigenvalue weighted by Crippen LogP contribution is -2.51. The van der Waals surface area contributed by atoms with Crippen LogP contribution in [0.25, 0.3) is 0 Å². The number of halogens is 1. The molecule has 0 amide bonds. The average molecular weight is 347 g/mol. The van der Waals surface area contributed by atoms with Crippen molar-refractivity contribution in [2.24, 2.45) is 0 Å². The number of para-hydroxylation sites is 1. The van der Waals surface area contributed by atoms with Gasteiger partial charge in [0.2, 0.25) is 5.95 Å². The van der Waals surface area contributed by atoms with Gasteiger partial charge in [0.05, 0.1) is 0 Å². The number of nitrogens with one attached hydrogen (secondary N) is 1. The van der Waals surface area contributed by atoms with Gasteiger partial charge in [0.15, 0.2) is 0 Å². The van der Waals surface area contributed by atoms with Gasteiger partial charge in [-0.3, -0.25) is 4.90 Å². The molecule has 6 nitrogen and oxygen atoms in total. The number of aromatic nitrogens is 2. The molecular weight excluding hydrogens is 324 g/mol. The van der Waals surface area contributed by atoms with Gasteiger partial charge in [-0.2, -0.15) is 4.98 Å². The van der Waals surface area contributed by atoms with Crippen molar-refractivity contribution in [3.05, 3.63) is 41.6 Å². The molecular formula is C17H23ClN6. The fourth-order valence-corrected chi connectivity index (χ4v) is 3.16. The van der Waals surface area contributed by atoms with Crippen LogP contribution in [0.1, 0.15) is 6.92 Å². The Bertz CT molecular complexity index is 637. The molecule has 2 heterocycles. The zero-order valence-electron chi connectivity index (χ0n) is 13.8. The van der Waals surface area contributed by atoms with Crippen LogP contribution < -0.4 is 16.0 Å². The third-order valence-corrected chi connectivity index (χ3v) is 4.54. The number of benzene rings is 1. The summed E-state index contributed by atoms with van der Waals surface area (Å²) in [5.41, 5.74) is 6.92. The summed E-state index contributed by atoms with van der Waals surface area (Å²) in [5.74, 6) is 0.858. The first kappa shape index (κ1) is 16.8. The lowest BCUT2D eigenvalue weighted by atomic mass is 10.2. The maximum absolute atomic E-state index is 5.90. The van der Waals surface area contributed by atoms with E-state index in [1.807, 2.05) is 0 Å². The van der Waals surface area contributed by atoms with E-state index in [1.165, 1.54) is 5.69 Å². The highest BCUT2D eigenvalue weighted by Gasteiger charge is 2.21. The molecule has 3 N–H and O–H groups in total. The number of nitrogens with zero attached hydrogens (tertiary/aromatic N) is 4. The van der Waals surface area contributed by atoms with Gasteiger partial charge in [-0.15, -0.1) is 0 Å². The van der Waals surface area contributed by atoms with Crippen molar-refractivity contribution in [2.45, 2.75) is 13.0 Å². The minimum absolute atomic E-state index is 0.189. The Morgan fingerprint density at radius 1 is 1.17 bits per heavy atom. The van der Waals surface area contributed by atoms with Gasteiger partial charge >= 0.3 is 0 Å². The van der Waals surface area contributed by atoms with Crippen molar-refractivity contribution in [1.82, 2.24) is 14.9 Å². The topological polar surface area (TPSA) is 70.3 Å². The van der Waals surface area contributed by atoms with Crippen molar-refractivity contribution in [1.29, 1.82) is 0 Å². The number of hydrogen-bond acceptors (Lipinski definition) is 6. The fourth-order valence-electron chi connectivity index (χ4n) is 2.97. The Hall–Kier alpha value is -2.05. The van der Waals surface area contributed by atoms with Crippen LogP contribution in [-0.2, 0) is 0 Å². The van der Waals surface area contributed by atoms with E-state index in [4.69, 9.17) is 17.3 Å². The Kier molecular flexibility index (Phi) is 5.37. The Labute approximate surface area is 147 Å². The van der Waals surface area contributed by atoms with Crippen molar-refractivity contribution < 1.29 is 0 Å². The quantitative estimate of drug-likeness (QED) is 0.810. The molecule has 1 aliphatic rings. The van der Waals surface area contributed by atoms with E-state index in [1.54, 1.807) is 6.07 Å². The van der Waals surface area contributed by atoms with Crippen molar-refractivity contribution >= 4 is 29.1 Å². The number of piperazine rings is 1. The van der Waals surface area contributed by atoms with Gasteiger partial charge in [0.25, 0.3) is 0 Å². The highest BCUT2D eigenvalue weighted by atomic mass is 35.5. The van der Waals surface area contributed by atoms with Crippen molar-refractivity contribution in [3.63, 3.8) is 0 Å².